The minimum atomic E-state index is -0.167. The first kappa shape index (κ1) is 21.9. The van der Waals surface area contributed by atoms with Gasteiger partial charge in [0, 0.05) is 22.1 Å². The van der Waals surface area contributed by atoms with Crippen LogP contribution in [0.1, 0.15) is 22.8 Å². The van der Waals surface area contributed by atoms with Crippen LogP contribution < -0.4 is 0 Å². The molecule has 2 aliphatic heterocycles. The zero-order chi connectivity index (χ0) is 19.5. The van der Waals surface area contributed by atoms with Crippen LogP contribution in [-0.2, 0) is 22.4 Å². The van der Waals surface area contributed by atoms with Gasteiger partial charge in [-0.3, -0.25) is 0 Å². The summed E-state index contributed by atoms with van der Waals surface area (Å²) in [6.07, 6.45) is 8.05. The predicted molar refractivity (Wildman–Crippen MR) is 120 cm³/mol. The fourth-order valence-electron chi connectivity index (χ4n) is 2.94. The van der Waals surface area contributed by atoms with Crippen LogP contribution in [0.2, 0.25) is 0 Å². The van der Waals surface area contributed by atoms with Crippen LogP contribution >= 0.6 is 34.8 Å². The van der Waals surface area contributed by atoms with Crippen molar-refractivity contribution in [3.05, 3.63) is 75.6 Å². The molecule has 0 aliphatic carbocycles. The maximum Gasteiger partial charge on any atom is 1.00 e. The molecule has 0 radical (unpaired) electrons. The second-order valence-electron chi connectivity index (χ2n) is 6.12. The Hall–Kier alpha value is -1.79. The van der Waals surface area contributed by atoms with Gasteiger partial charge in [-0.1, -0.05) is 4.30 Å². The molecule has 0 amide bonds. The van der Waals surface area contributed by atoms with E-state index in [1.54, 1.807) is 0 Å². The fourth-order valence-corrected chi connectivity index (χ4v) is 2.94. The van der Waals surface area contributed by atoms with Gasteiger partial charge in [-0.2, -0.15) is 0 Å². The standard InChI is InChI=1S/C20H14N4.CCl3.Au/c1-2-14-10-16-5-6-18(23-16)12-20-8-7-19(24-20)11-17-4-3-15(22-17)9-13(1)21-14;2-1(3)4;/h1-12,21-22H;;/q;-1;+1. The third-order valence-corrected chi connectivity index (χ3v) is 4.04. The normalized spacial score (nSPS) is 11.7. The number of hydrogen-bond donors (Lipinski definition) is 2. The summed E-state index contributed by atoms with van der Waals surface area (Å²) in [6, 6.07) is 16.4. The third kappa shape index (κ3) is 6.09. The number of aromatic nitrogens is 4. The molecule has 0 unspecified atom stereocenters. The molecule has 4 nitrogen and oxygen atoms in total. The summed E-state index contributed by atoms with van der Waals surface area (Å²) in [4.78, 5) is 16.0. The van der Waals surface area contributed by atoms with Gasteiger partial charge >= 0.3 is 22.4 Å². The van der Waals surface area contributed by atoms with Crippen LogP contribution in [0.4, 0.5) is 0 Å². The van der Waals surface area contributed by atoms with Gasteiger partial charge in [0.15, 0.2) is 0 Å². The molecule has 0 atom stereocenters. The van der Waals surface area contributed by atoms with Crippen molar-refractivity contribution in [3.8, 4) is 0 Å². The molecule has 150 valence electrons. The van der Waals surface area contributed by atoms with Gasteiger partial charge in [0.1, 0.15) is 0 Å². The molecule has 8 heteroatoms. The van der Waals surface area contributed by atoms with Gasteiger partial charge in [0.25, 0.3) is 0 Å². The second kappa shape index (κ2) is 9.81. The topological polar surface area (TPSA) is 57.4 Å². The van der Waals surface area contributed by atoms with Crippen LogP contribution in [0.25, 0.3) is 46.4 Å². The number of hydrogen-bond acceptors (Lipinski definition) is 2. The number of nitrogens with one attached hydrogen (secondary N) is 2. The Bertz CT molecular complexity index is 1130. The van der Waals surface area contributed by atoms with E-state index in [1.165, 1.54) is 0 Å². The van der Waals surface area contributed by atoms with Gasteiger partial charge in [-0.05, 0) is 72.8 Å². The van der Waals surface area contributed by atoms with Crippen molar-refractivity contribution < 1.29 is 22.4 Å². The molecular weight excluding hydrogens is 612 g/mol. The number of rotatable bonds is 0. The van der Waals surface area contributed by atoms with Gasteiger partial charge in [-0.15, -0.1) is 0 Å². The average Bonchev–Trinajstić information content (AvgIpc) is 3.39. The Morgan fingerprint density at radius 1 is 0.552 bits per heavy atom. The van der Waals surface area contributed by atoms with Crippen LogP contribution in [0.3, 0.4) is 0 Å². The van der Waals surface area contributed by atoms with Crippen LogP contribution in [0.15, 0.2) is 48.5 Å². The minimum Gasteiger partial charge on any atom is -0.355 e. The summed E-state index contributed by atoms with van der Waals surface area (Å²) < 4.78 is -0.167. The van der Waals surface area contributed by atoms with Crippen molar-refractivity contribution in [3.63, 3.8) is 0 Å². The maximum absolute atomic E-state index is 4.72. The van der Waals surface area contributed by atoms with E-state index in [9.17, 15) is 0 Å². The van der Waals surface area contributed by atoms with E-state index in [2.05, 4.69) is 50.3 Å². The van der Waals surface area contributed by atoms with Gasteiger partial charge in [-0.25, -0.2) is 9.97 Å². The predicted octanol–water partition coefficient (Wildman–Crippen LogP) is 6.80. The molecule has 5 heterocycles. The first-order valence-corrected chi connectivity index (χ1v) is 9.55. The number of H-pyrrole nitrogens is 2. The van der Waals surface area contributed by atoms with Crippen molar-refractivity contribution in [2.45, 2.75) is 0 Å². The Morgan fingerprint density at radius 3 is 1.24 bits per heavy atom. The number of halogens is 3. The molecule has 2 N–H and O–H groups in total. The van der Waals surface area contributed by atoms with E-state index in [4.69, 9.17) is 34.8 Å². The summed E-state index contributed by atoms with van der Waals surface area (Å²) >= 11 is 14.2. The Labute approximate surface area is 198 Å². The smallest absolute Gasteiger partial charge is 0.355 e. The first-order chi connectivity index (χ1) is 13.5. The molecular formula is C21H14AuCl3N4. The Kier molecular flexibility index (Phi) is 7.41. The summed E-state index contributed by atoms with van der Waals surface area (Å²) in [5, 5.41) is 0. The zero-order valence-electron chi connectivity index (χ0n) is 14.8. The molecule has 0 spiro atoms. The van der Waals surface area contributed by atoms with Crippen LogP contribution in [0, 0.1) is 4.30 Å². The van der Waals surface area contributed by atoms with Gasteiger partial charge in [0.2, 0.25) is 0 Å². The van der Waals surface area contributed by atoms with Gasteiger partial charge < -0.3 is 44.8 Å². The van der Waals surface area contributed by atoms with E-state index in [0.29, 0.717) is 0 Å². The van der Waals surface area contributed by atoms with Crippen LogP contribution in [0.5, 0.6) is 0 Å². The summed E-state index contributed by atoms with van der Waals surface area (Å²) in [5.41, 5.74) is 7.86. The minimum absolute atomic E-state index is 0. The number of aromatic amines is 2. The second-order valence-corrected chi connectivity index (χ2v) is 7.83. The molecule has 29 heavy (non-hydrogen) atoms. The Balaban J connectivity index is 0.000000443. The van der Waals surface area contributed by atoms with E-state index < -0.39 is 0 Å². The average molecular weight is 626 g/mol. The van der Waals surface area contributed by atoms with E-state index in [0.717, 1.165) is 44.8 Å². The van der Waals surface area contributed by atoms with Crippen molar-refractivity contribution in [1.82, 2.24) is 19.9 Å². The van der Waals surface area contributed by atoms with E-state index >= 15 is 0 Å². The fraction of sp³-hybridized carbons (Fsp3) is 0. The van der Waals surface area contributed by atoms with Gasteiger partial charge in [0.05, 0.1) is 22.8 Å². The molecule has 0 aromatic carbocycles. The van der Waals surface area contributed by atoms with E-state index in [1.807, 2.05) is 42.5 Å². The molecule has 0 fully saturated rings. The van der Waals surface area contributed by atoms with Crippen molar-refractivity contribution in [2.24, 2.45) is 0 Å². The molecule has 0 saturated heterocycles. The molecule has 2 aliphatic rings. The van der Waals surface area contributed by atoms with Crippen molar-refractivity contribution in [2.75, 3.05) is 0 Å². The maximum atomic E-state index is 4.72. The molecule has 3 aromatic heterocycles. The number of fused-ring (bicyclic) bond motifs is 8. The van der Waals surface area contributed by atoms with E-state index in [-0.39, 0.29) is 26.7 Å². The first-order valence-electron chi connectivity index (χ1n) is 8.41. The SMILES string of the molecule is C1=Cc2cc3ccc(cc4ccc(cc5nc(cc1n2)C=C5)[nH]4)[nH]3.Cl[C-](Cl)Cl.[Au+]. The molecule has 8 bridgehead atoms. The number of nitrogens with zero attached hydrogens (tertiary/aromatic N) is 2. The summed E-state index contributed by atoms with van der Waals surface area (Å²) in [6.45, 7) is 0. The zero-order valence-corrected chi connectivity index (χ0v) is 19.2. The van der Waals surface area contributed by atoms with Crippen molar-refractivity contribution >= 4 is 81.2 Å². The largest absolute Gasteiger partial charge is 1.00 e. The molecule has 0 saturated carbocycles. The third-order valence-electron chi connectivity index (χ3n) is 4.04. The summed E-state index contributed by atoms with van der Waals surface area (Å²) in [7, 11) is 0. The quantitative estimate of drug-likeness (QED) is 0.147. The molecule has 3 aromatic rings. The molecule has 5 rings (SSSR count). The van der Waals surface area contributed by atoms with Crippen LogP contribution in [-0.4, -0.2) is 19.9 Å². The monoisotopic (exact) mass is 624 g/mol. The summed E-state index contributed by atoms with van der Waals surface area (Å²) in [5.74, 6) is 0. The van der Waals surface area contributed by atoms with Crippen molar-refractivity contribution in [1.29, 1.82) is 0 Å². The Morgan fingerprint density at radius 2 is 0.862 bits per heavy atom.